The minimum atomic E-state index is 0.0491. The molecule has 3 aromatic rings. The Balaban J connectivity index is 1.25. The lowest BCUT2D eigenvalue weighted by Crippen LogP contribution is -2.40. The second-order valence-electron chi connectivity index (χ2n) is 7.75. The monoisotopic (exact) mass is 424 g/mol. The molecule has 0 spiro atoms. The molecule has 4 rings (SSSR count). The lowest BCUT2D eigenvalue weighted by molar-refractivity contribution is -0.126. The van der Waals surface area contributed by atoms with E-state index < -0.39 is 0 Å². The molecular formula is C23H25ClN4O2. The molecule has 30 heavy (non-hydrogen) atoms. The van der Waals surface area contributed by atoms with Crippen LogP contribution >= 0.6 is 11.6 Å². The molecule has 6 nitrogen and oxygen atoms in total. The van der Waals surface area contributed by atoms with E-state index in [1.54, 1.807) is 0 Å². The minimum absolute atomic E-state index is 0.0491. The van der Waals surface area contributed by atoms with E-state index in [-0.39, 0.29) is 11.8 Å². The Morgan fingerprint density at radius 2 is 1.90 bits per heavy atom. The number of amides is 1. The van der Waals surface area contributed by atoms with Crippen molar-refractivity contribution in [3.05, 3.63) is 70.6 Å². The first-order valence-corrected chi connectivity index (χ1v) is 10.6. The van der Waals surface area contributed by atoms with Crippen LogP contribution in [0.1, 0.15) is 29.9 Å². The van der Waals surface area contributed by atoms with Crippen molar-refractivity contribution >= 4 is 17.5 Å². The average Bonchev–Trinajstić information content (AvgIpc) is 3.22. The molecule has 2 aromatic carbocycles. The normalized spacial score (nSPS) is 15.3. The molecule has 0 radical (unpaired) electrons. The Labute approximate surface area is 181 Å². The number of halogens is 1. The summed E-state index contributed by atoms with van der Waals surface area (Å²) < 4.78 is 5.41. The van der Waals surface area contributed by atoms with Gasteiger partial charge in [-0.1, -0.05) is 58.7 Å². The van der Waals surface area contributed by atoms with Gasteiger partial charge in [-0.05, 0) is 50.6 Å². The molecule has 0 aliphatic carbocycles. The third kappa shape index (κ3) is 5.07. The number of nitrogens with one attached hydrogen (secondary N) is 1. The van der Waals surface area contributed by atoms with Crippen LogP contribution in [-0.2, 0) is 17.9 Å². The Morgan fingerprint density at radius 1 is 1.17 bits per heavy atom. The topological polar surface area (TPSA) is 71.3 Å². The number of nitrogens with zero attached hydrogens (tertiary/aromatic N) is 3. The highest BCUT2D eigenvalue weighted by atomic mass is 35.5. The zero-order valence-electron chi connectivity index (χ0n) is 17.0. The van der Waals surface area contributed by atoms with Crippen LogP contribution in [0.2, 0.25) is 5.02 Å². The number of rotatable bonds is 6. The third-order valence-corrected chi connectivity index (χ3v) is 5.82. The van der Waals surface area contributed by atoms with E-state index in [4.69, 9.17) is 16.1 Å². The molecule has 0 unspecified atom stereocenters. The summed E-state index contributed by atoms with van der Waals surface area (Å²) in [6.45, 7) is 4.86. The van der Waals surface area contributed by atoms with Crippen LogP contribution in [0.3, 0.4) is 0 Å². The van der Waals surface area contributed by atoms with Gasteiger partial charge in [-0.25, -0.2) is 0 Å². The van der Waals surface area contributed by atoms with Gasteiger partial charge in [0.05, 0.1) is 11.6 Å². The molecule has 1 fully saturated rings. The van der Waals surface area contributed by atoms with Gasteiger partial charge in [0.1, 0.15) is 0 Å². The van der Waals surface area contributed by atoms with Crippen molar-refractivity contribution in [3.63, 3.8) is 0 Å². The predicted molar refractivity (Wildman–Crippen MR) is 116 cm³/mol. The predicted octanol–water partition coefficient (Wildman–Crippen LogP) is 4.23. The molecule has 7 heteroatoms. The van der Waals surface area contributed by atoms with Crippen LogP contribution in [0.5, 0.6) is 0 Å². The van der Waals surface area contributed by atoms with Gasteiger partial charge in [-0.15, -0.1) is 0 Å². The van der Waals surface area contributed by atoms with Gasteiger partial charge < -0.3 is 9.84 Å². The van der Waals surface area contributed by atoms with Crippen molar-refractivity contribution < 1.29 is 9.32 Å². The van der Waals surface area contributed by atoms with Crippen LogP contribution < -0.4 is 5.32 Å². The van der Waals surface area contributed by atoms with Crippen molar-refractivity contribution in [3.8, 4) is 11.4 Å². The molecular weight excluding hydrogens is 400 g/mol. The Hall–Kier alpha value is -2.70. The van der Waals surface area contributed by atoms with Gasteiger partial charge in [-0.3, -0.25) is 9.69 Å². The highest BCUT2D eigenvalue weighted by molar-refractivity contribution is 6.33. The fourth-order valence-corrected chi connectivity index (χ4v) is 3.88. The highest BCUT2D eigenvalue weighted by Crippen LogP contribution is 2.25. The zero-order valence-corrected chi connectivity index (χ0v) is 17.7. The number of carbonyl (C=O) groups is 1. The Kier molecular flexibility index (Phi) is 6.45. The summed E-state index contributed by atoms with van der Waals surface area (Å²) in [4.78, 5) is 19.2. The van der Waals surface area contributed by atoms with Crippen LogP contribution in [0.25, 0.3) is 11.4 Å². The van der Waals surface area contributed by atoms with Gasteiger partial charge in [-0.2, -0.15) is 4.98 Å². The summed E-state index contributed by atoms with van der Waals surface area (Å²) in [6.07, 6.45) is 1.65. The molecule has 1 aromatic heterocycles. The molecule has 1 N–H and O–H groups in total. The van der Waals surface area contributed by atoms with Gasteiger partial charge >= 0.3 is 0 Å². The standard InChI is InChI=1S/C23H25ClN4O2/c1-16-6-8-17(9-7-16)14-25-23(29)18-10-12-28(13-11-18)15-21-26-22(27-30-21)19-4-2-3-5-20(19)24/h2-9,18H,10-15H2,1H3,(H,25,29). The summed E-state index contributed by atoms with van der Waals surface area (Å²) in [5.41, 5.74) is 3.10. The quantitative estimate of drug-likeness (QED) is 0.641. The van der Waals surface area contributed by atoms with Crippen molar-refractivity contribution in [1.29, 1.82) is 0 Å². The van der Waals surface area contributed by atoms with Gasteiger partial charge in [0.25, 0.3) is 0 Å². The zero-order chi connectivity index (χ0) is 20.9. The number of aryl methyl sites for hydroxylation is 1. The van der Waals surface area contributed by atoms with Crippen molar-refractivity contribution in [1.82, 2.24) is 20.4 Å². The molecule has 1 amide bonds. The first-order chi connectivity index (χ1) is 14.6. The van der Waals surface area contributed by atoms with E-state index in [2.05, 4.69) is 51.5 Å². The lowest BCUT2D eigenvalue weighted by atomic mass is 9.96. The number of likely N-dealkylation sites (tertiary alicyclic amines) is 1. The number of hydrogen-bond donors (Lipinski definition) is 1. The van der Waals surface area contributed by atoms with Crippen LogP contribution in [-0.4, -0.2) is 34.0 Å². The maximum absolute atomic E-state index is 12.5. The molecule has 0 bridgehead atoms. The van der Waals surface area contributed by atoms with Crippen LogP contribution in [0, 0.1) is 12.8 Å². The van der Waals surface area contributed by atoms with Crippen molar-refractivity contribution in [2.45, 2.75) is 32.9 Å². The number of benzene rings is 2. The van der Waals surface area contributed by atoms with Gasteiger partial charge in [0.2, 0.25) is 17.6 Å². The first-order valence-electron chi connectivity index (χ1n) is 10.2. The Morgan fingerprint density at radius 3 is 2.63 bits per heavy atom. The molecule has 1 saturated heterocycles. The van der Waals surface area contributed by atoms with Gasteiger partial charge in [0, 0.05) is 18.0 Å². The second kappa shape index (κ2) is 9.41. The number of hydrogen-bond acceptors (Lipinski definition) is 5. The Bertz CT molecular complexity index is 994. The summed E-state index contributed by atoms with van der Waals surface area (Å²) in [6, 6.07) is 15.7. The number of piperidine rings is 1. The molecule has 0 saturated carbocycles. The van der Waals surface area contributed by atoms with E-state index in [1.165, 1.54) is 5.56 Å². The fourth-order valence-electron chi connectivity index (χ4n) is 3.66. The smallest absolute Gasteiger partial charge is 0.241 e. The third-order valence-electron chi connectivity index (χ3n) is 5.49. The maximum atomic E-state index is 12.5. The molecule has 1 aliphatic heterocycles. The van der Waals surface area contributed by atoms with E-state index in [0.717, 1.165) is 37.1 Å². The van der Waals surface area contributed by atoms with E-state index in [1.807, 2.05) is 24.3 Å². The summed E-state index contributed by atoms with van der Waals surface area (Å²) in [5.74, 6) is 1.25. The largest absolute Gasteiger partial charge is 0.352 e. The lowest BCUT2D eigenvalue weighted by Gasteiger charge is -2.30. The van der Waals surface area contributed by atoms with E-state index in [0.29, 0.717) is 29.8 Å². The second-order valence-corrected chi connectivity index (χ2v) is 8.15. The van der Waals surface area contributed by atoms with Crippen LogP contribution in [0.4, 0.5) is 0 Å². The number of aromatic nitrogens is 2. The SMILES string of the molecule is Cc1ccc(CNC(=O)C2CCN(Cc3nc(-c4ccccc4Cl)no3)CC2)cc1. The van der Waals surface area contributed by atoms with Crippen molar-refractivity contribution in [2.24, 2.45) is 5.92 Å². The number of carbonyl (C=O) groups excluding carboxylic acids is 1. The van der Waals surface area contributed by atoms with Crippen LogP contribution in [0.15, 0.2) is 53.1 Å². The molecule has 0 atom stereocenters. The van der Waals surface area contributed by atoms with Gasteiger partial charge in [0.15, 0.2) is 0 Å². The minimum Gasteiger partial charge on any atom is -0.352 e. The fraction of sp³-hybridized carbons (Fsp3) is 0.348. The highest BCUT2D eigenvalue weighted by Gasteiger charge is 2.26. The van der Waals surface area contributed by atoms with E-state index in [9.17, 15) is 4.79 Å². The molecule has 1 aliphatic rings. The first kappa shape index (κ1) is 20.6. The van der Waals surface area contributed by atoms with E-state index >= 15 is 0 Å². The summed E-state index contributed by atoms with van der Waals surface area (Å²) >= 11 is 6.21. The van der Waals surface area contributed by atoms with Crippen molar-refractivity contribution in [2.75, 3.05) is 13.1 Å². The molecule has 2 heterocycles. The average molecular weight is 425 g/mol. The summed E-state index contributed by atoms with van der Waals surface area (Å²) in [5, 5.41) is 7.72. The maximum Gasteiger partial charge on any atom is 0.241 e. The molecule has 156 valence electrons. The summed E-state index contributed by atoms with van der Waals surface area (Å²) in [7, 11) is 0.